The minimum atomic E-state index is 0.426. The van der Waals surface area contributed by atoms with E-state index in [4.69, 9.17) is 18.0 Å². The smallest absolute Gasteiger partial charge is 0.137 e. The maximum absolute atomic E-state index is 5.77. The van der Waals surface area contributed by atoms with E-state index < -0.39 is 0 Å². The molecule has 0 fully saturated rings. The highest BCUT2D eigenvalue weighted by atomic mass is 32.1. The first kappa shape index (κ1) is 13.0. The zero-order chi connectivity index (χ0) is 12.3. The van der Waals surface area contributed by atoms with Gasteiger partial charge in [-0.25, -0.2) is 0 Å². The van der Waals surface area contributed by atoms with Crippen LogP contribution in [0.5, 0.6) is 0 Å². The average Bonchev–Trinajstić information content (AvgIpc) is 2.50. The minimum absolute atomic E-state index is 0.426. The quantitative estimate of drug-likeness (QED) is 0.794. The molecule has 0 aliphatic rings. The molecule has 0 aliphatic carbocycles. The molecule has 0 aromatic carbocycles. The molecule has 0 aliphatic heterocycles. The van der Waals surface area contributed by atoms with Gasteiger partial charge in [-0.1, -0.05) is 19.1 Å². The summed E-state index contributed by atoms with van der Waals surface area (Å²) in [5, 5.41) is 4.39. The van der Waals surface area contributed by atoms with Crippen molar-refractivity contribution in [1.82, 2.24) is 9.78 Å². The van der Waals surface area contributed by atoms with Crippen molar-refractivity contribution < 1.29 is 0 Å². The monoisotopic (exact) mass is 240 g/mol. The zero-order valence-electron chi connectivity index (χ0n) is 10.4. The van der Waals surface area contributed by atoms with Crippen LogP contribution in [-0.2, 0) is 7.05 Å². The molecule has 0 unspecified atom stereocenters. The summed E-state index contributed by atoms with van der Waals surface area (Å²) < 4.78 is 1.86. The van der Waals surface area contributed by atoms with Crippen LogP contribution in [-0.4, -0.2) is 27.9 Å². The van der Waals surface area contributed by atoms with Gasteiger partial charge in [0.25, 0.3) is 0 Å². The van der Waals surface area contributed by atoms with Gasteiger partial charge < -0.3 is 10.6 Å². The van der Waals surface area contributed by atoms with E-state index in [0.29, 0.717) is 4.99 Å². The van der Waals surface area contributed by atoms with Crippen molar-refractivity contribution in [1.29, 1.82) is 0 Å². The Bertz CT molecular complexity index is 384. The predicted octanol–water partition coefficient (Wildman–Crippen LogP) is 1.60. The summed E-state index contributed by atoms with van der Waals surface area (Å²) in [4.78, 5) is 2.68. The molecule has 1 aromatic heterocycles. The fraction of sp³-hybridized carbons (Fsp3) is 0.636. The van der Waals surface area contributed by atoms with E-state index in [1.54, 1.807) is 0 Å². The maximum atomic E-state index is 5.77. The fourth-order valence-electron chi connectivity index (χ4n) is 1.98. The molecule has 0 amide bonds. The molecule has 0 bridgehead atoms. The van der Waals surface area contributed by atoms with Crippen LogP contribution in [0.2, 0.25) is 0 Å². The largest absolute Gasteiger partial charge is 0.389 e. The van der Waals surface area contributed by atoms with E-state index in [0.717, 1.165) is 36.6 Å². The molecular weight excluding hydrogens is 220 g/mol. The number of thiocarbonyl (C=S) groups is 1. The van der Waals surface area contributed by atoms with Gasteiger partial charge in [0.1, 0.15) is 10.8 Å². The number of hydrogen-bond acceptors (Lipinski definition) is 3. The number of aromatic nitrogens is 2. The van der Waals surface area contributed by atoms with Crippen molar-refractivity contribution in [2.24, 2.45) is 12.8 Å². The summed E-state index contributed by atoms with van der Waals surface area (Å²) in [7, 11) is 1.93. The Balaban J connectivity index is 3.24. The lowest BCUT2D eigenvalue weighted by Gasteiger charge is -2.23. The summed E-state index contributed by atoms with van der Waals surface area (Å²) >= 11 is 5.10. The molecule has 16 heavy (non-hydrogen) atoms. The predicted molar refractivity (Wildman–Crippen MR) is 72.0 cm³/mol. The molecule has 0 atom stereocenters. The normalized spacial score (nSPS) is 10.5. The second-order valence-electron chi connectivity index (χ2n) is 3.85. The fourth-order valence-corrected chi connectivity index (χ4v) is 2.22. The van der Waals surface area contributed by atoms with Crippen LogP contribution in [0, 0.1) is 6.92 Å². The minimum Gasteiger partial charge on any atom is -0.389 e. The summed E-state index contributed by atoms with van der Waals surface area (Å²) in [5.41, 5.74) is 7.58. The second kappa shape index (κ2) is 5.30. The van der Waals surface area contributed by atoms with Gasteiger partial charge in [0, 0.05) is 20.1 Å². The van der Waals surface area contributed by atoms with Gasteiger partial charge in [-0.3, -0.25) is 4.68 Å². The number of rotatable bonds is 5. The molecule has 1 aromatic rings. The third kappa shape index (κ3) is 2.35. The van der Waals surface area contributed by atoms with Crippen LogP contribution < -0.4 is 10.6 Å². The van der Waals surface area contributed by atoms with Gasteiger partial charge in [0.15, 0.2) is 0 Å². The van der Waals surface area contributed by atoms with E-state index >= 15 is 0 Å². The molecule has 1 heterocycles. The Morgan fingerprint density at radius 3 is 2.56 bits per heavy atom. The van der Waals surface area contributed by atoms with E-state index in [1.165, 1.54) is 0 Å². The molecule has 5 heteroatoms. The van der Waals surface area contributed by atoms with Gasteiger partial charge in [-0.2, -0.15) is 5.10 Å². The topological polar surface area (TPSA) is 47.1 Å². The van der Waals surface area contributed by atoms with Crippen molar-refractivity contribution in [2.45, 2.75) is 27.2 Å². The number of hydrogen-bond donors (Lipinski definition) is 1. The van der Waals surface area contributed by atoms with Gasteiger partial charge in [0.05, 0.1) is 11.3 Å². The third-order valence-corrected chi connectivity index (χ3v) is 2.82. The van der Waals surface area contributed by atoms with Crippen LogP contribution in [0.4, 0.5) is 5.82 Å². The van der Waals surface area contributed by atoms with Crippen molar-refractivity contribution >= 4 is 23.0 Å². The first-order valence-electron chi connectivity index (χ1n) is 5.61. The van der Waals surface area contributed by atoms with Crippen LogP contribution in [0.15, 0.2) is 0 Å². The zero-order valence-corrected chi connectivity index (χ0v) is 11.3. The van der Waals surface area contributed by atoms with Crippen molar-refractivity contribution in [3.63, 3.8) is 0 Å². The Morgan fingerprint density at radius 1 is 1.50 bits per heavy atom. The first-order chi connectivity index (χ1) is 7.52. The number of nitrogens with two attached hydrogens (primary N) is 1. The molecular formula is C11H20N4S. The molecule has 0 radical (unpaired) electrons. The maximum Gasteiger partial charge on any atom is 0.137 e. The third-order valence-electron chi connectivity index (χ3n) is 2.61. The Labute approximate surface area is 102 Å². The van der Waals surface area contributed by atoms with Gasteiger partial charge in [0.2, 0.25) is 0 Å². The van der Waals surface area contributed by atoms with Crippen LogP contribution in [0.1, 0.15) is 31.5 Å². The highest BCUT2D eigenvalue weighted by molar-refractivity contribution is 7.80. The standard InChI is InChI=1S/C11H20N4S/c1-5-7-15(6-2)11-9(10(12)16)8(3)13-14(11)4/h5-7H2,1-4H3,(H2,12,16). The lowest BCUT2D eigenvalue weighted by molar-refractivity contribution is 0.697. The van der Waals surface area contributed by atoms with E-state index in [2.05, 4.69) is 23.8 Å². The highest BCUT2D eigenvalue weighted by Gasteiger charge is 2.19. The summed E-state index contributed by atoms with van der Waals surface area (Å²) in [6.45, 7) is 8.15. The van der Waals surface area contributed by atoms with E-state index in [1.807, 2.05) is 18.7 Å². The molecule has 0 spiro atoms. The Morgan fingerprint density at radius 2 is 2.12 bits per heavy atom. The number of anilines is 1. The first-order valence-corrected chi connectivity index (χ1v) is 6.02. The molecule has 4 nitrogen and oxygen atoms in total. The highest BCUT2D eigenvalue weighted by Crippen LogP contribution is 2.23. The van der Waals surface area contributed by atoms with Crippen LogP contribution in [0.25, 0.3) is 0 Å². The Hall–Kier alpha value is -1.10. The number of aryl methyl sites for hydroxylation is 2. The Kier molecular flexibility index (Phi) is 4.29. The van der Waals surface area contributed by atoms with Crippen molar-refractivity contribution in [2.75, 3.05) is 18.0 Å². The van der Waals surface area contributed by atoms with Gasteiger partial charge in [-0.15, -0.1) is 0 Å². The lowest BCUT2D eigenvalue weighted by Crippen LogP contribution is -2.28. The molecule has 0 saturated heterocycles. The average molecular weight is 240 g/mol. The van der Waals surface area contributed by atoms with E-state index in [-0.39, 0.29) is 0 Å². The molecule has 0 saturated carbocycles. The van der Waals surface area contributed by atoms with Crippen LogP contribution >= 0.6 is 12.2 Å². The van der Waals surface area contributed by atoms with Gasteiger partial charge >= 0.3 is 0 Å². The summed E-state index contributed by atoms with van der Waals surface area (Å²) in [5.74, 6) is 1.04. The van der Waals surface area contributed by atoms with Gasteiger partial charge in [-0.05, 0) is 20.3 Å². The molecule has 1 rings (SSSR count). The number of nitrogens with zero attached hydrogens (tertiary/aromatic N) is 3. The van der Waals surface area contributed by atoms with Crippen molar-refractivity contribution in [3.05, 3.63) is 11.3 Å². The van der Waals surface area contributed by atoms with Crippen LogP contribution in [0.3, 0.4) is 0 Å². The molecule has 2 N–H and O–H groups in total. The lowest BCUT2D eigenvalue weighted by atomic mass is 10.2. The SMILES string of the molecule is CCCN(CC)c1c(C(N)=S)c(C)nn1C. The van der Waals surface area contributed by atoms with Crippen molar-refractivity contribution in [3.8, 4) is 0 Å². The molecule has 90 valence electrons. The van der Waals surface area contributed by atoms with E-state index in [9.17, 15) is 0 Å². The second-order valence-corrected chi connectivity index (χ2v) is 4.29. The summed E-state index contributed by atoms with van der Waals surface area (Å²) in [6, 6.07) is 0. The summed E-state index contributed by atoms with van der Waals surface area (Å²) in [6.07, 6.45) is 1.09.